The molecule has 0 saturated carbocycles. The highest BCUT2D eigenvalue weighted by molar-refractivity contribution is 5.71. The Morgan fingerprint density at radius 2 is 0.587 bits per heavy atom. The summed E-state index contributed by atoms with van der Waals surface area (Å²) >= 11 is 0. The molecule has 0 heterocycles. The predicted octanol–water partition coefficient (Wildman–Crippen LogP) is 12.1. The first-order chi connectivity index (χ1) is 22.5. The minimum absolute atomic E-state index is 0.0641. The van der Waals surface area contributed by atoms with Crippen molar-refractivity contribution in [3.63, 3.8) is 0 Å². The van der Waals surface area contributed by atoms with Crippen LogP contribution in [0.15, 0.2) is 0 Å². The summed E-state index contributed by atoms with van der Waals surface area (Å²) in [5, 5.41) is 0. The minimum atomic E-state index is -0.755. The summed E-state index contributed by atoms with van der Waals surface area (Å²) in [7, 11) is 0. The van der Waals surface area contributed by atoms with E-state index in [0.717, 1.165) is 57.8 Å². The second kappa shape index (κ2) is 36.2. The third-order valence-electron chi connectivity index (χ3n) is 8.86. The maximum atomic E-state index is 12.6. The summed E-state index contributed by atoms with van der Waals surface area (Å²) in [6, 6.07) is 0. The van der Waals surface area contributed by atoms with Gasteiger partial charge in [0.25, 0.3) is 0 Å². The lowest BCUT2D eigenvalue weighted by molar-refractivity contribution is -0.167. The molecular formula is C40H76O6. The molecule has 0 bridgehead atoms. The molecule has 46 heavy (non-hydrogen) atoms. The molecule has 0 saturated heterocycles. The highest BCUT2D eigenvalue weighted by atomic mass is 16.6. The highest BCUT2D eigenvalue weighted by Crippen LogP contribution is 2.14. The Morgan fingerprint density at radius 1 is 0.348 bits per heavy atom. The minimum Gasteiger partial charge on any atom is -0.462 e. The van der Waals surface area contributed by atoms with Gasteiger partial charge in [0.1, 0.15) is 13.2 Å². The summed E-state index contributed by atoms with van der Waals surface area (Å²) in [6.45, 7) is 6.58. The first-order valence-electron chi connectivity index (χ1n) is 20.0. The van der Waals surface area contributed by atoms with Gasteiger partial charge in [-0.1, -0.05) is 181 Å². The van der Waals surface area contributed by atoms with Gasteiger partial charge in [-0.15, -0.1) is 0 Å². The van der Waals surface area contributed by atoms with E-state index in [1.807, 2.05) is 0 Å². The number of hydrogen-bond acceptors (Lipinski definition) is 6. The van der Waals surface area contributed by atoms with Crippen molar-refractivity contribution >= 4 is 17.9 Å². The van der Waals surface area contributed by atoms with E-state index in [1.165, 1.54) is 122 Å². The van der Waals surface area contributed by atoms with Crippen LogP contribution >= 0.6 is 0 Å². The fraction of sp³-hybridized carbons (Fsp3) is 0.925. The summed E-state index contributed by atoms with van der Waals surface area (Å²) in [4.78, 5) is 37.3. The van der Waals surface area contributed by atoms with Gasteiger partial charge in [0.05, 0.1) is 0 Å². The molecule has 0 radical (unpaired) electrons. The summed E-state index contributed by atoms with van der Waals surface area (Å²) < 4.78 is 16.6. The third kappa shape index (κ3) is 33.8. The van der Waals surface area contributed by atoms with Crippen molar-refractivity contribution < 1.29 is 28.6 Å². The van der Waals surface area contributed by atoms with Crippen molar-refractivity contribution in [1.29, 1.82) is 0 Å². The average molecular weight is 653 g/mol. The number of esters is 3. The molecule has 0 spiro atoms. The van der Waals surface area contributed by atoms with Crippen LogP contribution in [0, 0.1) is 0 Å². The number of unbranched alkanes of at least 4 members (excludes halogenated alkanes) is 25. The molecule has 272 valence electrons. The van der Waals surface area contributed by atoms with Gasteiger partial charge in [-0.25, -0.2) is 0 Å². The zero-order valence-electron chi connectivity index (χ0n) is 30.9. The molecule has 0 fully saturated rings. The SMILES string of the molecule is CCCCCCCCCCCCC(=O)OC[C@H](COC(=O)CCCCCCCCCCC)OC(=O)CCCCCCCCCCC. The molecule has 0 aromatic carbocycles. The van der Waals surface area contributed by atoms with Gasteiger partial charge < -0.3 is 14.2 Å². The van der Waals surface area contributed by atoms with E-state index in [4.69, 9.17) is 14.2 Å². The van der Waals surface area contributed by atoms with Gasteiger partial charge in [-0.2, -0.15) is 0 Å². The normalized spacial score (nSPS) is 11.8. The molecular weight excluding hydrogens is 576 g/mol. The maximum Gasteiger partial charge on any atom is 0.306 e. The molecule has 1 atom stereocenters. The van der Waals surface area contributed by atoms with E-state index in [0.29, 0.717) is 19.3 Å². The van der Waals surface area contributed by atoms with Crippen molar-refractivity contribution in [2.24, 2.45) is 0 Å². The Bertz CT molecular complexity index is 679. The van der Waals surface area contributed by atoms with E-state index in [-0.39, 0.29) is 31.1 Å². The third-order valence-corrected chi connectivity index (χ3v) is 8.86. The van der Waals surface area contributed by atoms with Crippen LogP contribution in [0.1, 0.15) is 220 Å². The van der Waals surface area contributed by atoms with Gasteiger partial charge in [-0.05, 0) is 19.3 Å². The fourth-order valence-electron chi connectivity index (χ4n) is 5.79. The molecule has 0 amide bonds. The van der Waals surface area contributed by atoms with Crippen LogP contribution in [-0.4, -0.2) is 37.2 Å². The Labute approximate surface area is 285 Å². The number of ether oxygens (including phenoxy) is 3. The predicted molar refractivity (Wildman–Crippen MR) is 192 cm³/mol. The van der Waals surface area contributed by atoms with Crippen LogP contribution in [-0.2, 0) is 28.6 Å². The van der Waals surface area contributed by atoms with Crippen molar-refractivity contribution in [3.05, 3.63) is 0 Å². The molecule has 6 nitrogen and oxygen atoms in total. The number of rotatable bonds is 36. The van der Waals surface area contributed by atoms with Crippen molar-refractivity contribution in [2.75, 3.05) is 13.2 Å². The van der Waals surface area contributed by atoms with Crippen molar-refractivity contribution in [1.82, 2.24) is 0 Å². The van der Waals surface area contributed by atoms with Gasteiger partial charge in [-0.3, -0.25) is 14.4 Å². The molecule has 0 unspecified atom stereocenters. The van der Waals surface area contributed by atoms with Crippen LogP contribution in [0.2, 0.25) is 0 Å². The quantitative estimate of drug-likeness (QED) is 0.0381. The Balaban J connectivity index is 4.33. The lowest BCUT2D eigenvalue weighted by Gasteiger charge is -2.18. The Hall–Kier alpha value is -1.59. The van der Waals surface area contributed by atoms with Crippen LogP contribution in [0.3, 0.4) is 0 Å². The number of carbonyl (C=O) groups is 3. The van der Waals surface area contributed by atoms with Crippen LogP contribution in [0.25, 0.3) is 0 Å². The highest BCUT2D eigenvalue weighted by Gasteiger charge is 2.19. The Kier molecular flexibility index (Phi) is 35.0. The molecule has 0 aromatic heterocycles. The number of carbonyl (C=O) groups excluding carboxylic acids is 3. The van der Waals surface area contributed by atoms with Crippen LogP contribution in [0.4, 0.5) is 0 Å². The summed E-state index contributed by atoms with van der Waals surface area (Å²) in [5.74, 6) is -0.867. The van der Waals surface area contributed by atoms with E-state index in [2.05, 4.69) is 20.8 Å². The van der Waals surface area contributed by atoms with E-state index < -0.39 is 6.10 Å². The summed E-state index contributed by atoms with van der Waals surface area (Å²) in [5.41, 5.74) is 0. The van der Waals surface area contributed by atoms with E-state index in [1.54, 1.807) is 0 Å². The first kappa shape index (κ1) is 44.4. The second-order valence-electron chi connectivity index (χ2n) is 13.6. The standard InChI is InChI=1S/C40H76O6/c1-4-7-10-13-16-19-22-24-27-30-33-39(42)45-36-37(46-40(43)34-31-28-25-21-18-15-12-9-6-3)35-44-38(41)32-29-26-23-20-17-14-11-8-5-2/h37H,4-36H2,1-3H3/t37-/m0/s1. The topological polar surface area (TPSA) is 78.9 Å². The van der Waals surface area contributed by atoms with Gasteiger partial charge >= 0.3 is 17.9 Å². The monoisotopic (exact) mass is 653 g/mol. The van der Waals surface area contributed by atoms with Crippen molar-refractivity contribution in [2.45, 2.75) is 226 Å². The van der Waals surface area contributed by atoms with E-state index in [9.17, 15) is 14.4 Å². The largest absolute Gasteiger partial charge is 0.462 e. The Morgan fingerprint density at radius 3 is 0.870 bits per heavy atom. The zero-order chi connectivity index (χ0) is 33.8. The number of hydrogen-bond donors (Lipinski definition) is 0. The first-order valence-corrected chi connectivity index (χ1v) is 20.0. The molecule has 0 aliphatic rings. The maximum absolute atomic E-state index is 12.6. The van der Waals surface area contributed by atoms with Gasteiger partial charge in [0.2, 0.25) is 0 Å². The molecule has 0 rings (SSSR count). The molecule has 6 heteroatoms. The summed E-state index contributed by atoms with van der Waals surface area (Å²) in [6.07, 6.45) is 33.7. The average Bonchev–Trinajstić information content (AvgIpc) is 3.05. The fourth-order valence-corrected chi connectivity index (χ4v) is 5.79. The molecule has 0 aromatic rings. The van der Waals surface area contributed by atoms with Gasteiger partial charge in [0.15, 0.2) is 6.10 Å². The molecule has 0 aliphatic carbocycles. The van der Waals surface area contributed by atoms with Gasteiger partial charge in [0, 0.05) is 19.3 Å². The lowest BCUT2D eigenvalue weighted by Crippen LogP contribution is -2.30. The molecule has 0 aliphatic heterocycles. The molecule has 0 N–H and O–H groups in total. The van der Waals surface area contributed by atoms with Crippen LogP contribution < -0.4 is 0 Å². The second-order valence-corrected chi connectivity index (χ2v) is 13.6. The van der Waals surface area contributed by atoms with Crippen molar-refractivity contribution in [3.8, 4) is 0 Å². The van der Waals surface area contributed by atoms with Crippen LogP contribution in [0.5, 0.6) is 0 Å². The zero-order valence-corrected chi connectivity index (χ0v) is 30.9. The smallest absolute Gasteiger partial charge is 0.306 e. The van der Waals surface area contributed by atoms with E-state index >= 15 is 0 Å². The lowest BCUT2D eigenvalue weighted by atomic mass is 10.1.